The monoisotopic (exact) mass is 276 g/mol. The first kappa shape index (κ1) is 13.3. The molecule has 0 unspecified atom stereocenters. The molecule has 0 bridgehead atoms. The van der Waals surface area contributed by atoms with Gasteiger partial charge in [0, 0.05) is 10.7 Å². The van der Waals surface area contributed by atoms with Crippen LogP contribution in [0.5, 0.6) is 0 Å². The van der Waals surface area contributed by atoms with Crippen molar-refractivity contribution in [2.24, 2.45) is 0 Å². The minimum absolute atomic E-state index is 0.747. The second-order valence-corrected chi connectivity index (χ2v) is 5.52. The molecule has 0 aliphatic heterocycles. The van der Waals surface area contributed by atoms with E-state index in [1.54, 1.807) is 0 Å². The van der Waals surface area contributed by atoms with Crippen LogP contribution in [-0.4, -0.2) is 4.98 Å². The summed E-state index contributed by atoms with van der Waals surface area (Å²) in [7, 11) is 0. The van der Waals surface area contributed by atoms with E-state index in [1.807, 2.05) is 26.0 Å². The van der Waals surface area contributed by atoms with Crippen LogP contribution < -0.4 is 0 Å². The third-order valence-electron chi connectivity index (χ3n) is 2.98. The van der Waals surface area contributed by atoms with E-state index < -0.39 is 0 Å². The van der Waals surface area contributed by atoms with E-state index in [2.05, 4.69) is 24.0 Å². The second-order valence-electron chi connectivity index (χ2n) is 4.52. The fourth-order valence-electron chi connectivity index (χ4n) is 1.99. The van der Waals surface area contributed by atoms with Gasteiger partial charge in [0.2, 0.25) is 0 Å². The standard InChI is InChI=1S/C15H16ClNS/c1-9-4-7-14-13(8-9)15(18)12(11(3)17-14)6-5-10(2)16/h4-5,7-8H,6H2,1-3H3,(H,17,18)/p-1/b10-5-. The highest BCUT2D eigenvalue weighted by Crippen LogP contribution is 2.25. The van der Waals surface area contributed by atoms with Gasteiger partial charge in [0.1, 0.15) is 0 Å². The van der Waals surface area contributed by atoms with Gasteiger partial charge in [-0.25, -0.2) is 0 Å². The predicted octanol–water partition coefficient (Wildman–Crippen LogP) is 4.44. The molecule has 0 spiro atoms. The zero-order chi connectivity index (χ0) is 13.3. The molecule has 0 N–H and O–H groups in total. The van der Waals surface area contributed by atoms with Crippen LogP contribution in [0.15, 0.2) is 34.2 Å². The summed E-state index contributed by atoms with van der Waals surface area (Å²) in [6.45, 7) is 5.94. The number of aryl methyl sites for hydroxylation is 2. The Morgan fingerprint density at radius 1 is 1.39 bits per heavy atom. The number of allylic oxidation sites excluding steroid dienone is 2. The number of rotatable bonds is 2. The molecule has 0 fully saturated rings. The van der Waals surface area contributed by atoms with E-state index in [0.717, 1.165) is 38.5 Å². The molecular weight excluding hydrogens is 262 g/mol. The van der Waals surface area contributed by atoms with Crippen molar-refractivity contribution < 1.29 is 0 Å². The van der Waals surface area contributed by atoms with E-state index in [0.29, 0.717) is 0 Å². The molecule has 0 saturated carbocycles. The first-order chi connectivity index (χ1) is 8.49. The van der Waals surface area contributed by atoms with E-state index in [-0.39, 0.29) is 0 Å². The minimum atomic E-state index is 0.747. The largest absolute Gasteiger partial charge is 0.779 e. The van der Waals surface area contributed by atoms with Gasteiger partial charge in [-0.3, -0.25) is 4.98 Å². The van der Waals surface area contributed by atoms with Gasteiger partial charge in [-0.05, 0) is 44.2 Å². The number of aromatic nitrogens is 1. The fourth-order valence-corrected chi connectivity index (χ4v) is 2.46. The summed E-state index contributed by atoms with van der Waals surface area (Å²) in [6, 6.07) is 6.19. The maximum Gasteiger partial charge on any atom is 0.0690 e. The smallest absolute Gasteiger partial charge is 0.0690 e. The quantitative estimate of drug-likeness (QED) is 0.752. The lowest BCUT2D eigenvalue weighted by atomic mass is 10.0. The third kappa shape index (κ3) is 2.65. The molecule has 1 nitrogen and oxygen atoms in total. The maximum atomic E-state index is 5.88. The molecule has 18 heavy (non-hydrogen) atoms. The van der Waals surface area contributed by atoms with E-state index in [1.165, 1.54) is 5.56 Å². The highest BCUT2D eigenvalue weighted by Gasteiger charge is 2.04. The summed E-state index contributed by atoms with van der Waals surface area (Å²) in [4.78, 5) is 5.51. The van der Waals surface area contributed by atoms with Crippen LogP contribution in [0.25, 0.3) is 10.9 Å². The van der Waals surface area contributed by atoms with Crippen molar-refractivity contribution in [2.75, 3.05) is 0 Å². The van der Waals surface area contributed by atoms with Crippen LogP contribution in [0.3, 0.4) is 0 Å². The van der Waals surface area contributed by atoms with Gasteiger partial charge >= 0.3 is 0 Å². The Morgan fingerprint density at radius 2 is 2.11 bits per heavy atom. The number of benzene rings is 1. The Kier molecular flexibility index (Phi) is 3.88. The molecule has 2 aromatic rings. The molecule has 2 rings (SSSR count). The first-order valence-electron chi connectivity index (χ1n) is 5.88. The number of nitrogens with zero attached hydrogens (tertiary/aromatic N) is 1. The van der Waals surface area contributed by atoms with Gasteiger partial charge in [0.05, 0.1) is 5.52 Å². The molecule has 1 aromatic heterocycles. The van der Waals surface area contributed by atoms with Crippen LogP contribution in [0, 0.1) is 13.8 Å². The molecule has 94 valence electrons. The van der Waals surface area contributed by atoms with Gasteiger partial charge in [0.25, 0.3) is 0 Å². The Labute approximate surface area is 118 Å². The van der Waals surface area contributed by atoms with Gasteiger partial charge in [-0.2, -0.15) is 4.90 Å². The lowest BCUT2D eigenvalue weighted by Crippen LogP contribution is -1.97. The number of hydrogen-bond acceptors (Lipinski definition) is 2. The third-order valence-corrected chi connectivity index (χ3v) is 3.60. The SMILES string of the molecule is C/C(Cl)=C/Cc1c(C)nc2ccc(C)cc2c1[S-]. The average molecular weight is 277 g/mol. The van der Waals surface area contributed by atoms with Crippen LogP contribution in [0.4, 0.5) is 0 Å². The summed E-state index contributed by atoms with van der Waals surface area (Å²) >= 11 is 11.5. The Bertz CT molecular complexity index is 628. The van der Waals surface area contributed by atoms with Crippen LogP contribution in [0.2, 0.25) is 0 Å². The van der Waals surface area contributed by atoms with Crippen molar-refractivity contribution in [2.45, 2.75) is 32.1 Å². The Hall–Kier alpha value is -1.12. The number of pyridine rings is 1. The lowest BCUT2D eigenvalue weighted by molar-refractivity contribution is 1.08. The molecule has 0 radical (unpaired) electrons. The molecular formula is C15H15ClNS-. The summed E-state index contributed by atoms with van der Waals surface area (Å²) < 4.78 is 0. The van der Waals surface area contributed by atoms with Crippen molar-refractivity contribution in [3.8, 4) is 0 Å². The van der Waals surface area contributed by atoms with Crippen LogP contribution in [-0.2, 0) is 19.0 Å². The average Bonchev–Trinajstić information content (AvgIpc) is 2.30. The number of fused-ring (bicyclic) bond motifs is 1. The van der Waals surface area contributed by atoms with E-state index in [9.17, 15) is 0 Å². The molecule has 3 heteroatoms. The summed E-state index contributed by atoms with van der Waals surface area (Å²) in [5, 5.41) is 1.85. The molecule has 0 aliphatic carbocycles. The fraction of sp³-hybridized carbons (Fsp3) is 0.267. The summed E-state index contributed by atoms with van der Waals surface area (Å²) in [5.41, 5.74) is 4.27. The highest BCUT2D eigenvalue weighted by atomic mass is 35.5. The molecule has 0 aliphatic rings. The topological polar surface area (TPSA) is 12.9 Å². The van der Waals surface area contributed by atoms with Crippen molar-refractivity contribution in [3.05, 3.63) is 46.1 Å². The zero-order valence-corrected chi connectivity index (χ0v) is 12.3. The minimum Gasteiger partial charge on any atom is -0.779 e. The van der Waals surface area contributed by atoms with Gasteiger partial charge in [0.15, 0.2) is 0 Å². The van der Waals surface area contributed by atoms with Gasteiger partial charge < -0.3 is 12.6 Å². The molecule has 0 amide bonds. The molecule has 1 heterocycles. The normalized spacial score (nSPS) is 12.1. The lowest BCUT2D eigenvalue weighted by Gasteiger charge is -2.19. The second kappa shape index (κ2) is 5.25. The van der Waals surface area contributed by atoms with Crippen LogP contribution >= 0.6 is 11.6 Å². The van der Waals surface area contributed by atoms with Crippen molar-refractivity contribution in [1.29, 1.82) is 0 Å². The van der Waals surface area contributed by atoms with Gasteiger partial charge in [-0.15, -0.1) is 0 Å². The maximum absolute atomic E-state index is 5.88. The molecule has 1 aromatic carbocycles. The van der Waals surface area contributed by atoms with E-state index in [4.69, 9.17) is 24.2 Å². The predicted molar refractivity (Wildman–Crippen MR) is 80.2 cm³/mol. The molecule has 0 saturated heterocycles. The zero-order valence-electron chi connectivity index (χ0n) is 10.7. The Morgan fingerprint density at radius 3 is 2.78 bits per heavy atom. The first-order valence-corrected chi connectivity index (χ1v) is 6.67. The number of hydrogen-bond donors (Lipinski definition) is 0. The summed E-state index contributed by atoms with van der Waals surface area (Å²) in [6.07, 6.45) is 2.72. The van der Waals surface area contributed by atoms with Crippen LogP contribution in [0.1, 0.15) is 23.7 Å². The van der Waals surface area contributed by atoms with Crippen molar-refractivity contribution in [3.63, 3.8) is 0 Å². The Balaban J connectivity index is 2.63. The van der Waals surface area contributed by atoms with Crippen molar-refractivity contribution in [1.82, 2.24) is 4.98 Å². The van der Waals surface area contributed by atoms with Crippen molar-refractivity contribution >= 4 is 35.1 Å². The highest BCUT2D eigenvalue weighted by molar-refractivity contribution is 7.59. The van der Waals surface area contributed by atoms with Gasteiger partial charge in [-0.1, -0.05) is 35.4 Å². The molecule has 0 atom stereocenters. The van der Waals surface area contributed by atoms with E-state index >= 15 is 0 Å². The number of halogens is 1. The summed E-state index contributed by atoms with van der Waals surface area (Å²) in [5.74, 6) is 0.